The molecule has 2 aromatic heterocycles. The van der Waals surface area contributed by atoms with Gasteiger partial charge in [0.25, 0.3) is 0 Å². The number of rotatable bonds is 7. The fourth-order valence-electron chi connectivity index (χ4n) is 3.35. The van der Waals surface area contributed by atoms with E-state index in [1.807, 2.05) is 13.2 Å². The van der Waals surface area contributed by atoms with Gasteiger partial charge in [0.2, 0.25) is 5.88 Å². The number of aryl methyl sites for hydroxylation is 3. The predicted octanol–water partition coefficient (Wildman–Crippen LogP) is 4.02. The maximum Gasteiger partial charge on any atom is 0.351 e. The van der Waals surface area contributed by atoms with Crippen LogP contribution in [0.2, 0.25) is 0 Å². The molecule has 0 fully saturated rings. The highest BCUT2D eigenvalue weighted by molar-refractivity contribution is 5.47. The Morgan fingerprint density at radius 3 is 2.62 bits per heavy atom. The Kier molecular flexibility index (Phi) is 6.41. The lowest BCUT2D eigenvalue weighted by molar-refractivity contribution is 0.288. The van der Waals surface area contributed by atoms with Crippen LogP contribution in [0.3, 0.4) is 0 Å². The normalized spacial score (nSPS) is 10.7. The molecule has 9 heteroatoms. The van der Waals surface area contributed by atoms with Gasteiger partial charge in [-0.1, -0.05) is 12.1 Å². The van der Waals surface area contributed by atoms with E-state index in [9.17, 15) is 14.4 Å². The molecule has 0 aliphatic rings. The molecule has 4 aromatic rings. The second kappa shape index (κ2) is 9.58. The molecule has 2 heterocycles. The zero-order valence-corrected chi connectivity index (χ0v) is 18.9. The van der Waals surface area contributed by atoms with Crippen molar-refractivity contribution in [3.63, 3.8) is 0 Å². The Morgan fingerprint density at radius 1 is 1.09 bits per heavy atom. The predicted molar refractivity (Wildman–Crippen MR) is 122 cm³/mol. The van der Waals surface area contributed by atoms with Crippen LogP contribution in [0, 0.1) is 31.0 Å². The molecule has 0 saturated heterocycles. The molecule has 0 atom stereocenters. The lowest BCUT2D eigenvalue weighted by Crippen LogP contribution is -2.24. The molecule has 172 valence electrons. The van der Waals surface area contributed by atoms with Crippen LogP contribution in [0.15, 0.2) is 59.8 Å². The fourth-order valence-corrected chi connectivity index (χ4v) is 3.35. The number of benzene rings is 2. The van der Waals surface area contributed by atoms with Crippen LogP contribution in [0.5, 0.6) is 17.4 Å². The van der Waals surface area contributed by atoms with Crippen LogP contribution >= 0.6 is 0 Å². The van der Waals surface area contributed by atoms with E-state index in [2.05, 4.69) is 16.2 Å². The monoisotopic (exact) mass is 459 g/mol. The molecule has 0 radical (unpaired) electrons. The van der Waals surface area contributed by atoms with Crippen molar-refractivity contribution >= 4 is 0 Å². The second-order valence-electron chi connectivity index (χ2n) is 7.91. The van der Waals surface area contributed by atoms with Crippen LogP contribution in [0.1, 0.15) is 27.8 Å². The van der Waals surface area contributed by atoms with Gasteiger partial charge in [-0.3, -0.25) is 9.25 Å². The van der Waals surface area contributed by atoms with Crippen LogP contribution in [-0.2, 0) is 20.2 Å². The SMILES string of the molecule is Cc1ccc(Oc2ccc(COc3nc(=O)n(Cc4cnn(C)c4)cc3C)cc2C#N)cc1F. The van der Waals surface area contributed by atoms with Gasteiger partial charge in [-0.25, -0.2) is 9.18 Å². The van der Waals surface area contributed by atoms with Gasteiger partial charge in [-0.15, -0.1) is 0 Å². The van der Waals surface area contributed by atoms with Gasteiger partial charge in [-0.2, -0.15) is 15.3 Å². The number of hydrogen-bond acceptors (Lipinski definition) is 6. The Balaban J connectivity index is 1.46. The summed E-state index contributed by atoms with van der Waals surface area (Å²) in [5.41, 5.74) is 2.63. The molecular formula is C25H22FN5O3. The first-order chi connectivity index (χ1) is 16.3. The molecule has 0 unspecified atom stereocenters. The summed E-state index contributed by atoms with van der Waals surface area (Å²) in [5.74, 6) is 0.449. The topological polar surface area (TPSA) is 95.0 Å². The lowest BCUT2D eigenvalue weighted by atomic mass is 10.1. The van der Waals surface area contributed by atoms with E-state index in [0.29, 0.717) is 34.7 Å². The molecule has 0 N–H and O–H groups in total. The lowest BCUT2D eigenvalue weighted by Gasteiger charge is -2.12. The quantitative estimate of drug-likeness (QED) is 0.414. The smallest absolute Gasteiger partial charge is 0.351 e. The summed E-state index contributed by atoms with van der Waals surface area (Å²) in [6.45, 7) is 3.93. The summed E-state index contributed by atoms with van der Waals surface area (Å²) >= 11 is 0. The van der Waals surface area contributed by atoms with E-state index >= 15 is 0 Å². The van der Waals surface area contributed by atoms with Crippen molar-refractivity contribution in [3.05, 3.63) is 99.1 Å². The third-order valence-electron chi connectivity index (χ3n) is 5.15. The molecular weight excluding hydrogens is 437 g/mol. The van der Waals surface area contributed by atoms with E-state index in [4.69, 9.17) is 9.47 Å². The van der Waals surface area contributed by atoms with Gasteiger partial charge < -0.3 is 9.47 Å². The van der Waals surface area contributed by atoms with E-state index in [1.165, 1.54) is 10.6 Å². The standard InChI is InChI=1S/C25H22FN5O3/c1-16-4-6-21(9-22(16)26)34-23-7-5-18(8-20(23)10-27)15-33-24-17(2)12-31(25(32)29-24)14-19-11-28-30(3)13-19/h4-9,11-13H,14-15H2,1-3H3. The first-order valence-corrected chi connectivity index (χ1v) is 10.5. The largest absolute Gasteiger partial charge is 0.472 e. The molecule has 2 aromatic carbocycles. The van der Waals surface area contributed by atoms with Crippen LogP contribution in [0.25, 0.3) is 0 Å². The van der Waals surface area contributed by atoms with Crippen molar-refractivity contribution in [3.8, 4) is 23.4 Å². The van der Waals surface area contributed by atoms with Gasteiger partial charge in [0.05, 0.1) is 18.3 Å². The summed E-state index contributed by atoms with van der Waals surface area (Å²) in [5, 5.41) is 13.6. The van der Waals surface area contributed by atoms with E-state index < -0.39 is 5.69 Å². The summed E-state index contributed by atoms with van der Waals surface area (Å²) in [7, 11) is 1.81. The molecule has 0 spiro atoms. The minimum absolute atomic E-state index is 0.105. The number of nitriles is 1. The van der Waals surface area contributed by atoms with Crippen molar-refractivity contribution < 1.29 is 13.9 Å². The molecule has 0 amide bonds. The molecule has 0 bridgehead atoms. The zero-order valence-electron chi connectivity index (χ0n) is 18.9. The van der Waals surface area contributed by atoms with E-state index in [0.717, 1.165) is 5.56 Å². The Hall–Kier alpha value is -4.45. The fraction of sp³-hybridized carbons (Fsp3) is 0.200. The molecule has 0 aliphatic heterocycles. The van der Waals surface area contributed by atoms with Crippen LogP contribution < -0.4 is 15.2 Å². The number of hydrogen-bond donors (Lipinski definition) is 0. The minimum Gasteiger partial charge on any atom is -0.472 e. The van der Waals surface area contributed by atoms with Crippen LogP contribution in [0.4, 0.5) is 4.39 Å². The Labute approximate surface area is 195 Å². The highest BCUT2D eigenvalue weighted by Crippen LogP contribution is 2.27. The third-order valence-corrected chi connectivity index (χ3v) is 5.15. The van der Waals surface area contributed by atoms with Gasteiger partial charge in [0.15, 0.2) is 0 Å². The molecule has 8 nitrogen and oxygen atoms in total. The van der Waals surface area contributed by atoms with Crippen molar-refractivity contribution in [2.24, 2.45) is 7.05 Å². The molecule has 0 aliphatic carbocycles. The Morgan fingerprint density at radius 2 is 1.91 bits per heavy atom. The van der Waals surface area contributed by atoms with E-state index in [-0.39, 0.29) is 23.9 Å². The van der Waals surface area contributed by atoms with Crippen molar-refractivity contribution in [2.75, 3.05) is 0 Å². The average molecular weight is 459 g/mol. The number of ether oxygens (including phenoxy) is 2. The van der Waals surface area contributed by atoms with Gasteiger partial charge in [0, 0.05) is 36.6 Å². The second-order valence-corrected chi connectivity index (χ2v) is 7.91. The Bertz CT molecular complexity index is 1450. The zero-order chi connectivity index (χ0) is 24.2. The highest BCUT2D eigenvalue weighted by atomic mass is 19.1. The summed E-state index contributed by atoms with van der Waals surface area (Å²) in [6.07, 6.45) is 5.22. The first-order valence-electron chi connectivity index (χ1n) is 10.5. The third kappa shape index (κ3) is 5.13. The summed E-state index contributed by atoms with van der Waals surface area (Å²) < 4.78 is 28.4. The maximum atomic E-state index is 13.8. The van der Waals surface area contributed by atoms with Crippen LogP contribution in [-0.4, -0.2) is 19.3 Å². The first kappa shape index (κ1) is 22.7. The van der Waals surface area contributed by atoms with Gasteiger partial charge >= 0.3 is 5.69 Å². The molecule has 4 rings (SSSR count). The van der Waals surface area contributed by atoms with Crippen molar-refractivity contribution in [1.82, 2.24) is 19.3 Å². The molecule has 0 saturated carbocycles. The van der Waals surface area contributed by atoms with Gasteiger partial charge in [0.1, 0.15) is 30.0 Å². The molecule has 34 heavy (non-hydrogen) atoms. The van der Waals surface area contributed by atoms with Crippen molar-refractivity contribution in [1.29, 1.82) is 5.26 Å². The average Bonchev–Trinajstić information content (AvgIpc) is 3.22. The van der Waals surface area contributed by atoms with E-state index in [1.54, 1.807) is 61.3 Å². The summed E-state index contributed by atoms with van der Waals surface area (Å²) in [6, 6.07) is 11.6. The number of halogens is 1. The number of nitrogens with zero attached hydrogens (tertiary/aromatic N) is 5. The van der Waals surface area contributed by atoms with Gasteiger partial charge in [-0.05, 0) is 43.2 Å². The van der Waals surface area contributed by atoms with Crippen molar-refractivity contribution in [2.45, 2.75) is 27.0 Å². The number of aromatic nitrogens is 4. The minimum atomic E-state index is -0.434. The summed E-state index contributed by atoms with van der Waals surface area (Å²) in [4.78, 5) is 16.5. The highest BCUT2D eigenvalue weighted by Gasteiger charge is 2.11. The maximum absolute atomic E-state index is 13.8.